The van der Waals surface area contributed by atoms with Crippen LogP contribution in [-0.2, 0) is 10.0 Å². The molecule has 2 heterocycles. The Morgan fingerprint density at radius 1 is 1.16 bits per heavy atom. The van der Waals surface area contributed by atoms with Crippen LogP contribution in [-0.4, -0.2) is 48.1 Å². The Balaban J connectivity index is 1.77. The molecule has 0 bridgehead atoms. The van der Waals surface area contributed by atoms with Crippen LogP contribution in [0.5, 0.6) is 0 Å². The lowest BCUT2D eigenvalue weighted by molar-refractivity contribution is 0.0697. The molecular weight excluding hydrogens is 340 g/mol. The Labute approximate surface area is 147 Å². The van der Waals surface area contributed by atoms with Crippen LogP contribution in [0.1, 0.15) is 34.8 Å². The van der Waals surface area contributed by atoms with Crippen LogP contribution in [0.15, 0.2) is 42.6 Å². The Kier molecular flexibility index (Phi) is 4.87. The number of hydrogen-bond donors (Lipinski definition) is 1. The van der Waals surface area contributed by atoms with Crippen molar-refractivity contribution in [3.63, 3.8) is 0 Å². The molecular formula is C18H20N2O4S. The Hall–Kier alpha value is -2.25. The van der Waals surface area contributed by atoms with Crippen molar-refractivity contribution in [2.75, 3.05) is 19.3 Å². The van der Waals surface area contributed by atoms with E-state index < -0.39 is 16.0 Å². The topological polar surface area (TPSA) is 87.6 Å². The van der Waals surface area contributed by atoms with E-state index in [9.17, 15) is 13.2 Å². The summed E-state index contributed by atoms with van der Waals surface area (Å²) in [7, 11) is -3.17. The Bertz CT molecular complexity index is 861. The molecule has 2 aromatic rings. The van der Waals surface area contributed by atoms with Gasteiger partial charge in [0.1, 0.15) is 0 Å². The van der Waals surface area contributed by atoms with Gasteiger partial charge in [0, 0.05) is 36.5 Å². The van der Waals surface area contributed by atoms with Gasteiger partial charge in [0.15, 0.2) is 0 Å². The summed E-state index contributed by atoms with van der Waals surface area (Å²) in [5, 5.41) is 8.95. The van der Waals surface area contributed by atoms with Crippen molar-refractivity contribution < 1.29 is 18.3 Å². The molecule has 1 aliphatic heterocycles. The summed E-state index contributed by atoms with van der Waals surface area (Å²) >= 11 is 0. The number of carboxylic acid groups (broad SMARTS) is 1. The molecule has 3 rings (SSSR count). The molecule has 7 heteroatoms. The smallest absolute Gasteiger partial charge is 0.335 e. The number of piperidine rings is 1. The van der Waals surface area contributed by atoms with Gasteiger partial charge in [0.2, 0.25) is 10.0 Å². The Morgan fingerprint density at radius 3 is 2.40 bits per heavy atom. The highest BCUT2D eigenvalue weighted by Gasteiger charge is 2.27. The van der Waals surface area contributed by atoms with Gasteiger partial charge in [-0.1, -0.05) is 18.2 Å². The summed E-state index contributed by atoms with van der Waals surface area (Å²) < 4.78 is 25.0. The van der Waals surface area contributed by atoms with Gasteiger partial charge < -0.3 is 5.11 Å². The number of carboxylic acids is 1. The van der Waals surface area contributed by atoms with E-state index in [1.165, 1.54) is 10.6 Å². The maximum atomic E-state index is 11.7. The van der Waals surface area contributed by atoms with E-state index in [2.05, 4.69) is 4.98 Å². The molecule has 0 spiro atoms. The minimum Gasteiger partial charge on any atom is -0.478 e. The van der Waals surface area contributed by atoms with Crippen LogP contribution in [0.25, 0.3) is 11.1 Å². The number of carbonyl (C=O) groups is 1. The maximum absolute atomic E-state index is 11.7. The first-order valence-corrected chi connectivity index (χ1v) is 9.94. The quantitative estimate of drug-likeness (QED) is 0.905. The van der Waals surface area contributed by atoms with E-state index in [-0.39, 0.29) is 11.5 Å². The SMILES string of the molecule is CS(=O)(=O)N1CCC[C@H](c2ccc(-c3ccc(C(=O)O)cc3)cn2)C1. The van der Waals surface area contributed by atoms with Gasteiger partial charge in [-0.15, -0.1) is 0 Å². The number of benzene rings is 1. The molecule has 1 saturated heterocycles. The number of pyridine rings is 1. The average molecular weight is 360 g/mol. The van der Waals surface area contributed by atoms with Crippen LogP contribution in [0.2, 0.25) is 0 Å². The van der Waals surface area contributed by atoms with E-state index in [1.807, 2.05) is 12.1 Å². The number of sulfonamides is 1. The van der Waals surface area contributed by atoms with Gasteiger partial charge in [-0.3, -0.25) is 4.98 Å². The van der Waals surface area contributed by atoms with Gasteiger partial charge >= 0.3 is 5.97 Å². The molecule has 1 atom stereocenters. The summed E-state index contributed by atoms with van der Waals surface area (Å²) in [6.45, 7) is 1.04. The number of hydrogen-bond acceptors (Lipinski definition) is 4. The van der Waals surface area contributed by atoms with Gasteiger partial charge in [-0.2, -0.15) is 0 Å². The fourth-order valence-corrected chi connectivity index (χ4v) is 4.02. The third-order valence-electron chi connectivity index (χ3n) is 4.52. The second kappa shape index (κ2) is 6.93. The molecule has 0 radical (unpaired) electrons. The van der Waals surface area contributed by atoms with Crippen LogP contribution in [0.4, 0.5) is 0 Å². The van der Waals surface area contributed by atoms with Crippen molar-refractivity contribution in [3.8, 4) is 11.1 Å². The summed E-state index contributed by atoms with van der Waals surface area (Å²) in [6, 6.07) is 10.5. The first-order chi connectivity index (χ1) is 11.8. The minimum absolute atomic E-state index is 0.104. The molecule has 132 valence electrons. The molecule has 6 nitrogen and oxygen atoms in total. The largest absolute Gasteiger partial charge is 0.478 e. The first kappa shape index (κ1) is 17.6. The molecule has 25 heavy (non-hydrogen) atoms. The third kappa shape index (κ3) is 4.05. The Morgan fingerprint density at radius 2 is 1.84 bits per heavy atom. The molecule has 1 aromatic heterocycles. The van der Waals surface area contributed by atoms with Gasteiger partial charge in [-0.05, 0) is 36.6 Å². The zero-order valence-corrected chi connectivity index (χ0v) is 14.7. The lowest BCUT2D eigenvalue weighted by Gasteiger charge is -2.30. The van der Waals surface area contributed by atoms with Crippen molar-refractivity contribution in [1.29, 1.82) is 0 Å². The molecule has 1 N–H and O–H groups in total. The van der Waals surface area contributed by atoms with Gasteiger partial charge in [0.25, 0.3) is 0 Å². The lowest BCUT2D eigenvalue weighted by Crippen LogP contribution is -2.38. The van der Waals surface area contributed by atoms with Crippen molar-refractivity contribution >= 4 is 16.0 Å². The van der Waals surface area contributed by atoms with Crippen LogP contribution >= 0.6 is 0 Å². The fraction of sp³-hybridized carbons (Fsp3) is 0.333. The predicted octanol–water partition coefficient (Wildman–Crippen LogP) is 2.59. The molecule has 1 aromatic carbocycles. The highest BCUT2D eigenvalue weighted by Crippen LogP contribution is 2.28. The van der Waals surface area contributed by atoms with Gasteiger partial charge in [-0.25, -0.2) is 17.5 Å². The molecule has 0 aliphatic carbocycles. The number of aromatic carboxylic acids is 1. The minimum atomic E-state index is -3.17. The lowest BCUT2D eigenvalue weighted by atomic mass is 9.95. The van der Waals surface area contributed by atoms with Crippen LogP contribution in [0, 0.1) is 0 Å². The number of aromatic nitrogens is 1. The summed E-state index contributed by atoms with van der Waals surface area (Å²) in [6.07, 6.45) is 4.75. The normalized spacial score (nSPS) is 18.8. The van der Waals surface area contributed by atoms with E-state index in [1.54, 1.807) is 30.5 Å². The monoisotopic (exact) mass is 360 g/mol. The van der Waals surface area contributed by atoms with Crippen LogP contribution in [0.3, 0.4) is 0 Å². The van der Waals surface area contributed by atoms with E-state index in [0.29, 0.717) is 13.1 Å². The van der Waals surface area contributed by atoms with Crippen molar-refractivity contribution in [2.24, 2.45) is 0 Å². The zero-order valence-electron chi connectivity index (χ0n) is 13.9. The first-order valence-electron chi connectivity index (χ1n) is 8.09. The third-order valence-corrected chi connectivity index (χ3v) is 5.79. The summed E-state index contributed by atoms with van der Waals surface area (Å²) in [5.74, 6) is -0.848. The fourth-order valence-electron chi connectivity index (χ4n) is 3.11. The van der Waals surface area contributed by atoms with Crippen LogP contribution < -0.4 is 0 Å². The van der Waals surface area contributed by atoms with E-state index in [0.717, 1.165) is 29.7 Å². The zero-order chi connectivity index (χ0) is 18.0. The van der Waals surface area contributed by atoms with Crippen molar-refractivity contribution in [3.05, 3.63) is 53.9 Å². The summed E-state index contributed by atoms with van der Waals surface area (Å²) in [4.78, 5) is 15.4. The maximum Gasteiger partial charge on any atom is 0.335 e. The van der Waals surface area contributed by atoms with Crippen molar-refractivity contribution in [2.45, 2.75) is 18.8 Å². The molecule has 0 amide bonds. The second-order valence-corrected chi connectivity index (χ2v) is 8.30. The van der Waals surface area contributed by atoms with E-state index >= 15 is 0 Å². The predicted molar refractivity (Wildman–Crippen MR) is 95.0 cm³/mol. The number of nitrogens with zero attached hydrogens (tertiary/aromatic N) is 2. The molecule has 1 fully saturated rings. The second-order valence-electron chi connectivity index (χ2n) is 6.31. The average Bonchev–Trinajstić information content (AvgIpc) is 2.61. The molecule has 1 aliphatic rings. The number of rotatable bonds is 4. The molecule has 0 saturated carbocycles. The standard InChI is InChI=1S/C18H20N2O4S/c1-25(23,24)20-10-2-3-16(12-20)17-9-8-15(11-19-17)13-4-6-14(7-5-13)18(21)22/h4-9,11,16H,2-3,10,12H2,1H3,(H,21,22)/t16-/m0/s1. The molecule has 0 unspecified atom stereocenters. The summed E-state index contributed by atoms with van der Waals surface area (Å²) in [5.41, 5.74) is 2.93. The highest BCUT2D eigenvalue weighted by atomic mass is 32.2. The highest BCUT2D eigenvalue weighted by molar-refractivity contribution is 7.88. The van der Waals surface area contributed by atoms with E-state index in [4.69, 9.17) is 5.11 Å². The van der Waals surface area contributed by atoms with Crippen molar-refractivity contribution in [1.82, 2.24) is 9.29 Å². The van der Waals surface area contributed by atoms with Gasteiger partial charge in [0.05, 0.1) is 11.8 Å².